The number of aryl methyl sites for hydroxylation is 2. The predicted octanol–water partition coefficient (Wildman–Crippen LogP) is 5.91. The van der Waals surface area contributed by atoms with Crippen LogP contribution in [0.3, 0.4) is 0 Å². The van der Waals surface area contributed by atoms with Gasteiger partial charge < -0.3 is 9.73 Å². The van der Waals surface area contributed by atoms with Crippen LogP contribution in [-0.4, -0.2) is 33.4 Å². The lowest BCUT2D eigenvalue weighted by Crippen LogP contribution is -2.36. The monoisotopic (exact) mass is 555 g/mol. The molecule has 0 unspecified atom stereocenters. The molecule has 2 heterocycles. The first-order valence-corrected chi connectivity index (χ1v) is 11.9. The number of furan rings is 1. The molecule has 0 saturated carbocycles. The molecule has 9 nitrogen and oxygen atoms in total. The number of thioether (sulfide) groups is 1. The minimum absolute atomic E-state index is 0.0851. The molecule has 1 saturated heterocycles. The summed E-state index contributed by atoms with van der Waals surface area (Å²) >= 11 is 3.99. The van der Waals surface area contributed by atoms with Crippen molar-refractivity contribution in [2.75, 3.05) is 11.9 Å². The molecule has 0 bridgehead atoms. The number of carbonyl (C=O) groups excluding carboxylic acids is 3. The van der Waals surface area contributed by atoms with Gasteiger partial charge >= 0.3 is 0 Å². The Kier molecular flexibility index (Phi) is 6.90. The summed E-state index contributed by atoms with van der Waals surface area (Å²) in [5.41, 5.74) is 2.40. The largest absolute Gasteiger partial charge is 0.456 e. The number of carbonyl (C=O) groups is 3. The van der Waals surface area contributed by atoms with E-state index in [1.165, 1.54) is 12.1 Å². The fraction of sp³-hybridized carbons (Fsp3) is 0.125. The van der Waals surface area contributed by atoms with Gasteiger partial charge in [-0.1, -0.05) is 15.9 Å². The van der Waals surface area contributed by atoms with Gasteiger partial charge in [0.05, 0.1) is 15.4 Å². The molecule has 1 N–H and O–H groups in total. The maximum Gasteiger partial charge on any atom is 0.294 e. The molecule has 178 valence electrons. The van der Waals surface area contributed by atoms with E-state index in [0.29, 0.717) is 23.0 Å². The van der Waals surface area contributed by atoms with Crippen molar-refractivity contribution in [3.63, 3.8) is 0 Å². The van der Waals surface area contributed by atoms with Gasteiger partial charge in [-0.2, -0.15) is 0 Å². The van der Waals surface area contributed by atoms with E-state index in [0.717, 1.165) is 20.5 Å². The zero-order valence-corrected chi connectivity index (χ0v) is 20.9. The molecule has 1 fully saturated rings. The number of amides is 3. The molecule has 0 radical (unpaired) electrons. The SMILES string of the molecule is Cc1cc(-c2ccc(/C=C3\SC(=O)N(CC(=O)Nc4ccc(Br)cc4)C3=O)o2)c([N+](=O)[O-])cc1C. The summed E-state index contributed by atoms with van der Waals surface area (Å²) in [6, 6.07) is 13.2. The number of imide groups is 1. The van der Waals surface area contributed by atoms with E-state index in [2.05, 4.69) is 21.2 Å². The van der Waals surface area contributed by atoms with E-state index in [1.54, 1.807) is 49.4 Å². The smallest absolute Gasteiger partial charge is 0.294 e. The second-order valence-corrected chi connectivity index (χ2v) is 9.64. The van der Waals surface area contributed by atoms with E-state index in [9.17, 15) is 24.5 Å². The molecule has 11 heteroatoms. The molecular formula is C24H18BrN3O6S. The Morgan fingerprint density at radius 2 is 1.83 bits per heavy atom. The third-order valence-corrected chi connectivity index (χ3v) is 6.71. The highest BCUT2D eigenvalue weighted by Gasteiger charge is 2.36. The van der Waals surface area contributed by atoms with Crippen LogP contribution >= 0.6 is 27.7 Å². The molecule has 3 aromatic rings. The summed E-state index contributed by atoms with van der Waals surface area (Å²) < 4.78 is 6.59. The molecule has 1 aliphatic rings. The highest BCUT2D eigenvalue weighted by molar-refractivity contribution is 9.10. The lowest BCUT2D eigenvalue weighted by molar-refractivity contribution is -0.384. The van der Waals surface area contributed by atoms with E-state index < -0.39 is 28.5 Å². The third-order valence-electron chi connectivity index (χ3n) is 5.28. The van der Waals surface area contributed by atoms with Crippen molar-refractivity contribution in [2.45, 2.75) is 13.8 Å². The van der Waals surface area contributed by atoms with Crippen LogP contribution in [-0.2, 0) is 9.59 Å². The molecule has 4 rings (SSSR count). The van der Waals surface area contributed by atoms with Crippen LogP contribution in [0.15, 0.2) is 62.3 Å². The second kappa shape index (κ2) is 9.88. The van der Waals surface area contributed by atoms with Gasteiger partial charge in [-0.05, 0) is 79.2 Å². The average molecular weight is 556 g/mol. The van der Waals surface area contributed by atoms with Gasteiger partial charge in [0.25, 0.3) is 16.8 Å². The highest BCUT2D eigenvalue weighted by atomic mass is 79.9. The van der Waals surface area contributed by atoms with Gasteiger partial charge in [-0.25, -0.2) is 0 Å². The van der Waals surface area contributed by atoms with Gasteiger partial charge in [0.15, 0.2) is 0 Å². The van der Waals surface area contributed by atoms with E-state index in [-0.39, 0.29) is 22.1 Å². The summed E-state index contributed by atoms with van der Waals surface area (Å²) in [6.07, 6.45) is 1.38. The van der Waals surface area contributed by atoms with Gasteiger partial charge in [-0.3, -0.25) is 29.4 Å². The summed E-state index contributed by atoms with van der Waals surface area (Å²) in [7, 11) is 0. The fourth-order valence-corrected chi connectivity index (χ4v) is 4.45. The topological polar surface area (TPSA) is 123 Å². The van der Waals surface area contributed by atoms with Crippen LogP contribution in [0.1, 0.15) is 16.9 Å². The normalized spacial score (nSPS) is 14.6. The minimum atomic E-state index is -0.624. The quantitative estimate of drug-likeness (QED) is 0.228. The van der Waals surface area contributed by atoms with Crippen molar-refractivity contribution in [3.8, 4) is 11.3 Å². The standard InChI is InChI=1S/C24H18BrN3O6S/c1-13-9-18(19(28(32)33)10-14(13)2)20-8-7-17(34-20)11-21-23(30)27(24(31)35-21)12-22(29)26-16-5-3-15(25)4-6-16/h3-11H,12H2,1-2H3,(H,26,29)/b21-11-. The Labute approximate surface area is 212 Å². The number of hydrogen-bond acceptors (Lipinski definition) is 7. The van der Waals surface area contributed by atoms with Crippen LogP contribution in [0.4, 0.5) is 16.2 Å². The Morgan fingerprint density at radius 3 is 2.51 bits per heavy atom. The second-order valence-electron chi connectivity index (χ2n) is 7.74. The predicted molar refractivity (Wildman–Crippen MR) is 136 cm³/mol. The maximum absolute atomic E-state index is 12.8. The van der Waals surface area contributed by atoms with Crippen LogP contribution in [0.25, 0.3) is 17.4 Å². The first-order chi connectivity index (χ1) is 16.6. The molecule has 3 amide bonds. The maximum atomic E-state index is 12.8. The number of rotatable bonds is 6. The molecule has 0 aliphatic carbocycles. The van der Waals surface area contributed by atoms with Crippen molar-refractivity contribution >= 4 is 62.2 Å². The highest BCUT2D eigenvalue weighted by Crippen LogP contribution is 2.36. The van der Waals surface area contributed by atoms with Gasteiger partial charge in [-0.15, -0.1) is 0 Å². The van der Waals surface area contributed by atoms with Crippen molar-refractivity contribution < 1.29 is 23.7 Å². The van der Waals surface area contributed by atoms with Crippen molar-refractivity contribution in [3.05, 3.63) is 84.9 Å². The van der Waals surface area contributed by atoms with Gasteiger partial charge in [0.1, 0.15) is 18.1 Å². The number of benzene rings is 2. The first kappa shape index (κ1) is 24.4. The van der Waals surface area contributed by atoms with Crippen molar-refractivity contribution in [2.24, 2.45) is 0 Å². The molecule has 35 heavy (non-hydrogen) atoms. The fourth-order valence-electron chi connectivity index (χ4n) is 3.37. The summed E-state index contributed by atoms with van der Waals surface area (Å²) in [4.78, 5) is 49.4. The van der Waals surface area contributed by atoms with Gasteiger partial charge in [0.2, 0.25) is 5.91 Å². The Bertz CT molecular complexity index is 1400. The lowest BCUT2D eigenvalue weighted by Gasteiger charge is -2.12. The lowest BCUT2D eigenvalue weighted by atomic mass is 10.0. The Balaban J connectivity index is 1.51. The van der Waals surface area contributed by atoms with Crippen LogP contribution in [0.2, 0.25) is 0 Å². The molecule has 0 spiro atoms. The number of nitro groups is 1. The molecule has 1 aromatic heterocycles. The number of nitrogens with zero attached hydrogens (tertiary/aromatic N) is 2. The Morgan fingerprint density at radius 1 is 1.14 bits per heavy atom. The zero-order valence-electron chi connectivity index (χ0n) is 18.5. The van der Waals surface area contributed by atoms with Gasteiger partial charge in [0, 0.05) is 22.3 Å². The van der Waals surface area contributed by atoms with E-state index in [4.69, 9.17) is 4.42 Å². The minimum Gasteiger partial charge on any atom is -0.456 e. The number of nitro benzene ring substituents is 1. The molecule has 0 atom stereocenters. The number of halogens is 1. The zero-order chi connectivity index (χ0) is 25.3. The van der Waals surface area contributed by atoms with E-state index in [1.807, 2.05) is 6.92 Å². The first-order valence-electron chi connectivity index (χ1n) is 10.3. The van der Waals surface area contributed by atoms with Crippen molar-refractivity contribution in [1.82, 2.24) is 4.90 Å². The molecule has 1 aliphatic heterocycles. The summed E-state index contributed by atoms with van der Waals surface area (Å²) in [6.45, 7) is 3.20. The summed E-state index contributed by atoms with van der Waals surface area (Å²) in [5.74, 6) is -0.629. The summed E-state index contributed by atoms with van der Waals surface area (Å²) in [5, 5.41) is 13.6. The molecule has 2 aromatic carbocycles. The van der Waals surface area contributed by atoms with E-state index >= 15 is 0 Å². The van der Waals surface area contributed by atoms with Crippen LogP contribution in [0, 0.1) is 24.0 Å². The Hall–Kier alpha value is -3.70. The van der Waals surface area contributed by atoms with Crippen molar-refractivity contribution in [1.29, 1.82) is 0 Å². The number of hydrogen-bond donors (Lipinski definition) is 1. The molecular weight excluding hydrogens is 538 g/mol. The average Bonchev–Trinajstić information content (AvgIpc) is 3.37. The number of anilines is 1. The van der Waals surface area contributed by atoms with Crippen LogP contribution in [0.5, 0.6) is 0 Å². The number of nitrogens with one attached hydrogen (secondary N) is 1. The third kappa shape index (κ3) is 5.36. The van der Waals surface area contributed by atoms with Crippen LogP contribution < -0.4 is 5.32 Å².